The van der Waals surface area contributed by atoms with E-state index >= 15 is 0 Å². The first-order valence-corrected chi connectivity index (χ1v) is 5.27. The highest BCUT2D eigenvalue weighted by Crippen LogP contribution is 2.44. The normalized spacial score (nSPS) is 14.4. The Hall–Kier alpha value is 0.0800. The van der Waals surface area contributed by atoms with Crippen molar-refractivity contribution in [3.05, 3.63) is 20.8 Å². The van der Waals surface area contributed by atoms with E-state index < -0.39 is 18.1 Å². The van der Waals surface area contributed by atoms with Crippen LogP contribution in [0.25, 0.3) is 0 Å². The van der Waals surface area contributed by atoms with E-state index in [1.807, 2.05) is 0 Å². The topological polar surface area (TPSA) is 26.0 Å². The van der Waals surface area contributed by atoms with Crippen molar-refractivity contribution in [3.63, 3.8) is 0 Å². The van der Waals surface area contributed by atoms with Crippen LogP contribution in [0.3, 0.4) is 0 Å². The molecule has 0 spiro atoms. The second-order valence-corrected chi connectivity index (χ2v) is 4.62. The van der Waals surface area contributed by atoms with Gasteiger partial charge in [0, 0.05) is 14.7 Å². The molecule has 0 saturated heterocycles. The maximum Gasteiger partial charge on any atom is 0.455 e. The third-order valence-corrected chi connectivity index (χ3v) is 3.44. The first-order chi connectivity index (χ1) is 6.66. The molecular formula is C7H6BrClF5NS. The van der Waals surface area contributed by atoms with Gasteiger partial charge < -0.3 is 5.73 Å². The number of rotatable bonds is 2. The zero-order valence-electron chi connectivity index (χ0n) is 7.39. The van der Waals surface area contributed by atoms with Gasteiger partial charge in [0.25, 0.3) is 0 Å². The van der Waals surface area contributed by atoms with Gasteiger partial charge in [-0.1, -0.05) is 0 Å². The average molecular weight is 347 g/mol. The first kappa shape index (κ1) is 16.1. The summed E-state index contributed by atoms with van der Waals surface area (Å²) in [6.45, 7) is 0. The lowest BCUT2D eigenvalue weighted by atomic mass is 10.1. The molecule has 2 N–H and O–H groups in total. The molecule has 1 nitrogen and oxygen atoms in total. The van der Waals surface area contributed by atoms with E-state index in [9.17, 15) is 22.0 Å². The van der Waals surface area contributed by atoms with Gasteiger partial charge >= 0.3 is 12.1 Å². The summed E-state index contributed by atoms with van der Waals surface area (Å²) in [5.41, 5.74) is 4.89. The van der Waals surface area contributed by atoms with E-state index in [-0.39, 0.29) is 17.3 Å². The second kappa shape index (κ2) is 5.16. The molecule has 0 aromatic carbocycles. The fourth-order valence-corrected chi connectivity index (χ4v) is 2.33. The van der Waals surface area contributed by atoms with Crippen LogP contribution in [0.2, 0.25) is 0 Å². The molecule has 0 aliphatic heterocycles. The Bertz CT molecular complexity index is 353. The van der Waals surface area contributed by atoms with Gasteiger partial charge in [-0.2, -0.15) is 22.0 Å². The van der Waals surface area contributed by atoms with Crippen LogP contribution in [0.5, 0.6) is 0 Å². The summed E-state index contributed by atoms with van der Waals surface area (Å²) in [4.78, 5) is -0.218. The predicted octanol–water partition coefficient (Wildman–Crippen LogP) is 4.13. The number of thiophene rings is 1. The Morgan fingerprint density at radius 3 is 2.06 bits per heavy atom. The minimum Gasteiger partial charge on any atom is -0.318 e. The van der Waals surface area contributed by atoms with Crippen LogP contribution in [0.15, 0.2) is 15.9 Å². The maximum absolute atomic E-state index is 12.8. The maximum atomic E-state index is 12.8. The van der Waals surface area contributed by atoms with Gasteiger partial charge in [-0.25, -0.2) is 0 Å². The molecule has 0 aliphatic rings. The Labute approximate surface area is 106 Å². The van der Waals surface area contributed by atoms with Gasteiger partial charge in [-0.15, -0.1) is 23.7 Å². The molecule has 0 radical (unpaired) electrons. The molecule has 0 fully saturated rings. The number of hydrogen-bond acceptors (Lipinski definition) is 2. The Balaban J connectivity index is 0.00000225. The third kappa shape index (κ3) is 3.06. The number of alkyl halides is 5. The van der Waals surface area contributed by atoms with Crippen LogP contribution in [0.1, 0.15) is 10.9 Å². The zero-order chi connectivity index (χ0) is 11.9. The highest BCUT2D eigenvalue weighted by atomic mass is 79.9. The van der Waals surface area contributed by atoms with Gasteiger partial charge in [0.05, 0.1) is 0 Å². The summed E-state index contributed by atoms with van der Waals surface area (Å²) in [6, 6.07) is -1.22. The average Bonchev–Trinajstić information content (AvgIpc) is 2.48. The van der Waals surface area contributed by atoms with Crippen LogP contribution in [-0.2, 0) is 0 Å². The molecule has 0 unspecified atom stereocenters. The van der Waals surface area contributed by atoms with Crippen LogP contribution < -0.4 is 5.73 Å². The fraction of sp³-hybridized carbons (Fsp3) is 0.429. The fourth-order valence-electron chi connectivity index (χ4n) is 0.846. The van der Waals surface area contributed by atoms with Gasteiger partial charge in [0.1, 0.15) is 6.04 Å². The number of halogens is 7. The molecule has 1 rings (SSSR count). The highest BCUT2D eigenvalue weighted by molar-refractivity contribution is 9.10. The van der Waals surface area contributed by atoms with E-state index in [1.54, 1.807) is 0 Å². The monoisotopic (exact) mass is 345 g/mol. The molecule has 16 heavy (non-hydrogen) atoms. The van der Waals surface area contributed by atoms with E-state index in [1.165, 1.54) is 5.38 Å². The molecule has 0 aliphatic carbocycles. The minimum absolute atomic E-state index is 0. The summed E-state index contributed by atoms with van der Waals surface area (Å²) >= 11 is 3.70. The Kier molecular flexibility index (Phi) is 5.18. The molecule has 9 heteroatoms. The van der Waals surface area contributed by atoms with Gasteiger partial charge in [-0.05, 0) is 22.0 Å². The van der Waals surface area contributed by atoms with E-state index in [4.69, 9.17) is 5.73 Å². The summed E-state index contributed by atoms with van der Waals surface area (Å²) in [6.07, 6.45) is -5.64. The summed E-state index contributed by atoms with van der Waals surface area (Å²) in [5, 5.41) is 1.39. The van der Waals surface area contributed by atoms with Crippen molar-refractivity contribution < 1.29 is 22.0 Å². The van der Waals surface area contributed by atoms with E-state index in [0.717, 1.165) is 17.4 Å². The van der Waals surface area contributed by atoms with Crippen molar-refractivity contribution in [2.75, 3.05) is 0 Å². The minimum atomic E-state index is -5.64. The molecule has 0 amide bonds. The largest absolute Gasteiger partial charge is 0.455 e. The van der Waals surface area contributed by atoms with Gasteiger partial charge in [-0.3, -0.25) is 0 Å². The second-order valence-electron chi connectivity index (χ2n) is 2.77. The van der Waals surface area contributed by atoms with Crippen molar-refractivity contribution >= 4 is 39.7 Å². The third-order valence-electron chi connectivity index (χ3n) is 1.66. The first-order valence-electron chi connectivity index (χ1n) is 3.60. The summed E-state index contributed by atoms with van der Waals surface area (Å²) in [7, 11) is 0. The number of hydrogen-bond donors (Lipinski definition) is 1. The van der Waals surface area contributed by atoms with Crippen LogP contribution >= 0.6 is 39.7 Å². The summed E-state index contributed by atoms with van der Waals surface area (Å²) in [5.74, 6) is -4.92. The Morgan fingerprint density at radius 2 is 1.75 bits per heavy atom. The predicted molar refractivity (Wildman–Crippen MR) is 57.2 cm³/mol. The van der Waals surface area contributed by atoms with Crippen molar-refractivity contribution in [2.45, 2.75) is 18.1 Å². The highest BCUT2D eigenvalue weighted by Gasteiger charge is 2.62. The zero-order valence-corrected chi connectivity index (χ0v) is 10.6. The summed E-state index contributed by atoms with van der Waals surface area (Å²) < 4.78 is 61.8. The molecule has 1 aromatic rings. The standard InChI is InChI=1S/C7H5BrF5NS.ClH/c8-3-1-4(15-2-3)5(14)6(9,10)7(11,12)13;/h1-2,5H,14H2;1H/t5-;/m1./s1. The van der Waals surface area contributed by atoms with Crippen LogP contribution in [0.4, 0.5) is 22.0 Å². The SMILES string of the molecule is Cl.N[C@H](c1cc(Br)cs1)C(F)(F)C(F)(F)F. The smallest absolute Gasteiger partial charge is 0.318 e. The van der Waals surface area contributed by atoms with Crippen molar-refractivity contribution in [1.82, 2.24) is 0 Å². The molecule has 1 aromatic heterocycles. The molecule has 0 bridgehead atoms. The lowest BCUT2D eigenvalue weighted by Crippen LogP contribution is -2.45. The van der Waals surface area contributed by atoms with E-state index in [0.29, 0.717) is 4.47 Å². The van der Waals surface area contributed by atoms with Crippen molar-refractivity contribution in [1.29, 1.82) is 0 Å². The van der Waals surface area contributed by atoms with Crippen molar-refractivity contribution in [2.24, 2.45) is 5.73 Å². The molecule has 0 saturated carbocycles. The number of nitrogens with two attached hydrogens (primary N) is 1. The molecule has 1 heterocycles. The van der Waals surface area contributed by atoms with Crippen LogP contribution in [-0.4, -0.2) is 12.1 Å². The Morgan fingerprint density at radius 1 is 1.25 bits per heavy atom. The molecular weight excluding hydrogens is 340 g/mol. The lowest BCUT2D eigenvalue weighted by Gasteiger charge is -2.24. The molecule has 1 atom stereocenters. The lowest BCUT2D eigenvalue weighted by molar-refractivity contribution is -0.290. The molecule has 94 valence electrons. The van der Waals surface area contributed by atoms with Crippen LogP contribution in [0, 0.1) is 0 Å². The van der Waals surface area contributed by atoms with Gasteiger partial charge in [0.2, 0.25) is 0 Å². The van der Waals surface area contributed by atoms with Gasteiger partial charge in [0.15, 0.2) is 0 Å². The van der Waals surface area contributed by atoms with Crippen molar-refractivity contribution in [3.8, 4) is 0 Å². The quantitative estimate of drug-likeness (QED) is 0.801. The van der Waals surface area contributed by atoms with E-state index in [2.05, 4.69) is 15.9 Å².